The molecule has 0 saturated heterocycles. The smallest absolute Gasteiger partial charge is 0.230 e. The molecule has 1 aliphatic carbocycles. The van der Waals surface area contributed by atoms with E-state index in [4.69, 9.17) is 0 Å². The normalized spacial score (nSPS) is 14.7. The van der Waals surface area contributed by atoms with E-state index in [0.717, 1.165) is 49.2 Å². The van der Waals surface area contributed by atoms with Crippen molar-refractivity contribution >= 4 is 34.5 Å². The first-order valence-corrected chi connectivity index (χ1v) is 10.3. The molecule has 1 heterocycles. The third-order valence-corrected chi connectivity index (χ3v) is 5.77. The van der Waals surface area contributed by atoms with Crippen LogP contribution in [0, 0.1) is 11.7 Å². The van der Waals surface area contributed by atoms with Crippen molar-refractivity contribution in [3.63, 3.8) is 0 Å². The number of thiazole rings is 1. The van der Waals surface area contributed by atoms with E-state index in [2.05, 4.69) is 15.6 Å². The molecule has 2 N–H and O–H groups in total. The van der Waals surface area contributed by atoms with Crippen molar-refractivity contribution in [3.05, 3.63) is 40.1 Å². The molecule has 1 aromatic heterocycles. The highest BCUT2D eigenvalue weighted by molar-refractivity contribution is 7.09. The van der Waals surface area contributed by atoms with Crippen molar-refractivity contribution in [2.45, 2.75) is 51.9 Å². The average Bonchev–Trinajstić information content (AvgIpc) is 3.12. The van der Waals surface area contributed by atoms with E-state index >= 15 is 0 Å². The highest BCUT2D eigenvalue weighted by Crippen LogP contribution is 2.26. The molecule has 1 saturated carbocycles. The van der Waals surface area contributed by atoms with Gasteiger partial charge in [-0.3, -0.25) is 9.59 Å². The molecule has 0 spiro atoms. The topological polar surface area (TPSA) is 71.1 Å². The van der Waals surface area contributed by atoms with Crippen LogP contribution >= 0.6 is 11.3 Å². The van der Waals surface area contributed by atoms with Crippen LogP contribution in [0.4, 0.5) is 15.8 Å². The standard InChI is InChI=1S/C20H24FN3O2S/c1-2-19-23-15(12-27-19)11-18(25)22-14-8-9-16(21)17(10-14)24-20(26)13-6-4-3-5-7-13/h8-10,12-13H,2-7,11H2,1H3,(H,22,25)(H,24,26). The summed E-state index contributed by atoms with van der Waals surface area (Å²) in [4.78, 5) is 28.9. The van der Waals surface area contributed by atoms with Gasteiger partial charge in [-0.05, 0) is 37.5 Å². The molecule has 144 valence electrons. The van der Waals surface area contributed by atoms with Gasteiger partial charge in [0.25, 0.3) is 0 Å². The van der Waals surface area contributed by atoms with Crippen LogP contribution in [0.3, 0.4) is 0 Å². The third kappa shape index (κ3) is 5.35. The molecule has 1 aliphatic rings. The SMILES string of the molecule is CCc1nc(CC(=O)Nc2ccc(F)c(NC(=O)C3CCCCC3)c2)cs1. The average molecular weight is 389 g/mol. The second-order valence-electron chi connectivity index (χ2n) is 6.83. The molecule has 2 amide bonds. The molecule has 7 heteroatoms. The lowest BCUT2D eigenvalue weighted by Crippen LogP contribution is -2.25. The van der Waals surface area contributed by atoms with Gasteiger partial charge in [0.2, 0.25) is 11.8 Å². The molecule has 1 aromatic carbocycles. The van der Waals surface area contributed by atoms with Crippen LogP contribution in [0.1, 0.15) is 49.7 Å². The van der Waals surface area contributed by atoms with Crippen molar-refractivity contribution in [1.82, 2.24) is 4.98 Å². The van der Waals surface area contributed by atoms with Crippen LogP contribution in [0.15, 0.2) is 23.6 Å². The van der Waals surface area contributed by atoms with Crippen LogP contribution in [0.2, 0.25) is 0 Å². The molecular formula is C20H24FN3O2S. The van der Waals surface area contributed by atoms with Crippen LogP contribution in [-0.4, -0.2) is 16.8 Å². The zero-order valence-corrected chi connectivity index (χ0v) is 16.2. The van der Waals surface area contributed by atoms with Gasteiger partial charge < -0.3 is 10.6 Å². The number of nitrogens with one attached hydrogen (secondary N) is 2. The summed E-state index contributed by atoms with van der Waals surface area (Å²) in [6.07, 6.45) is 5.92. The number of hydrogen-bond acceptors (Lipinski definition) is 4. The van der Waals surface area contributed by atoms with Crippen molar-refractivity contribution in [2.24, 2.45) is 5.92 Å². The van der Waals surface area contributed by atoms with E-state index in [0.29, 0.717) is 5.69 Å². The highest BCUT2D eigenvalue weighted by Gasteiger charge is 2.22. The lowest BCUT2D eigenvalue weighted by molar-refractivity contribution is -0.120. The molecule has 27 heavy (non-hydrogen) atoms. The van der Waals surface area contributed by atoms with E-state index in [1.54, 1.807) is 0 Å². The molecule has 0 bridgehead atoms. The van der Waals surface area contributed by atoms with Gasteiger partial charge in [0.15, 0.2) is 0 Å². The second-order valence-corrected chi connectivity index (χ2v) is 7.77. The van der Waals surface area contributed by atoms with Crippen molar-refractivity contribution in [3.8, 4) is 0 Å². The number of anilines is 2. The Kier molecular flexibility index (Phi) is 6.55. The van der Waals surface area contributed by atoms with Gasteiger partial charge >= 0.3 is 0 Å². The van der Waals surface area contributed by atoms with Crippen LogP contribution in [-0.2, 0) is 22.4 Å². The Labute approximate surface area is 162 Å². The number of halogens is 1. The van der Waals surface area contributed by atoms with E-state index in [1.807, 2.05) is 12.3 Å². The summed E-state index contributed by atoms with van der Waals surface area (Å²) in [6.45, 7) is 2.02. The number of amides is 2. The Morgan fingerprint density at radius 2 is 2.00 bits per heavy atom. The lowest BCUT2D eigenvalue weighted by Gasteiger charge is -2.21. The maximum absolute atomic E-state index is 14.1. The Balaban J connectivity index is 1.61. The first-order chi connectivity index (χ1) is 13.0. The minimum absolute atomic E-state index is 0.0613. The zero-order chi connectivity index (χ0) is 19.2. The van der Waals surface area contributed by atoms with Gasteiger partial charge in [0.1, 0.15) is 5.82 Å². The predicted octanol–water partition coefficient (Wildman–Crippen LogP) is 4.54. The minimum atomic E-state index is -0.510. The van der Waals surface area contributed by atoms with Gasteiger partial charge in [-0.2, -0.15) is 0 Å². The molecular weight excluding hydrogens is 365 g/mol. The fourth-order valence-corrected chi connectivity index (χ4v) is 4.01. The molecule has 0 radical (unpaired) electrons. The Hall–Kier alpha value is -2.28. The highest BCUT2D eigenvalue weighted by atomic mass is 32.1. The molecule has 1 fully saturated rings. The van der Waals surface area contributed by atoms with Crippen molar-refractivity contribution < 1.29 is 14.0 Å². The summed E-state index contributed by atoms with van der Waals surface area (Å²) in [7, 11) is 0. The van der Waals surface area contributed by atoms with Gasteiger partial charge in [0.05, 0.1) is 22.8 Å². The van der Waals surface area contributed by atoms with Crippen molar-refractivity contribution in [1.29, 1.82) is 0 Å². The van der Waals surface area contributed by atoms with Crippen LogP contribution in [0.25, 0.3) is 0 Å². The van der Waals surface area contributed by atoms with Crippen molar-refractivity contribution in [2.75, 3.05) is 10.6 Å². The maximum atomic E-state index is 14.1. The number of hydrogen-bond donors (Lipinski definition) is 2. The fraction of sp³-hybridized carbons (Fsp3) is 0.450. The summed E-state index contributed by atoms with van der Waals surface area (Å²) >= 11 is 1.53. The third-order valence-electron chi connectivity index (χ3n) is 4.73. The Morgan fingerprint density at radius 3 is 2.70 bits per heavy atom. The fourth-order valence-electron chi connectivity index (χ4n) is 3.26. The number of rotatable bonds is 6. The van der Waals surface area contributed by atoms with E-state index < -0.39 is 5.82 Å². The first kappa shape index (κ1) is 19.5. The number of benzene rings is 1. The van der Waals surface area contributed by atoms with Gasteiger partial charge in [0, 0.05) is 17.0 Å². The number of aryl methyl sites for hydroxylation is 1. The van der Waals surface area contributed by atoms with Crippen LogP contribution < -0.4 is 10.6 Å². The first-order valence-electron chi connectivity index (χ1n) is 9.38. The van der Waals surface area contributed by atoms with E-state index in [1.165, 1.54) is 29.5 Å². The maximum Gasteiger partial charge on any atom is 0.230 e. The quantitative estimate of drug-likeness (QED) is 0.762. The van der Waals surface area contributed by atoms with Crippen LogP contribution in [0.5, 0.6) is 0 Å². The summed E-state index contributed by atoms with van der Waals surface area (Å²) in [5, 5.41) is 8.29. The molecule has 0 atom stereocenters. The molecule has 3 rings (SSSR count). The Bertz CT molecular complexity index is 815. The summed E-state index contributed by atoms with van der Waals surface area (Å²) in [5.74, 6) is -0.941. The molecule has 0 unspecified atom stereocenters. The zero-order valence-electron chi connectivity index (χ0n) is 15.4. The number of carbonyl (C=O) groups excluding carboxylic acids is 2. The lowest BCUT2D eigenvalue weighted by atomic mass is 9.88. The van der Waals surface area contributed by atoms with Gasteiger partial charge in [-0.1, -0.05) is 26.2 Å². The van der Waals surface area contributed by atoms with Gasteiger partial charge in [-0.15, -0.1) is 11.3 Å². The summed E-state index contributed by atoms with van der Waals surface area (Å²) in [6, 6.07) is 4.21. The van der Waals surface area contributed by atoms with E-state index in [9.17, 15) is 14.0 Å². The number of nitrogens with zero attached hydrogens (tertiary/aromatic N) is 1. The monoisotopic (exact) mass is 389 g/mol. The molecule has 5 nitrogen and oxygen atoms in total. The predicted molar refractivity (Wildman–Crippen MR) is 105 cm³/mol. The molecule has 2 aromatic rings. The number of carbonyl (C=O) groups is 2. The molecule has 0 aliphatic heterocycles. The van der Waals surface area contributed by atoms with E-state index in [-0.39, 0.29) is 29.8 Å². The Morgan fingerprint density at radius 1 is 1.22 bits per heavy atom. The largest absolute Gasteiger partial charge is 0.326 e. The number of aromatic nitrogens is 1. The van der Waals surface area contributed by atoms with Gasteiger partial charge in [-0.25, -0.2) is 9.37 Å². The summed E-state index contributed by atoms with van der Waals surface area (Å²) < 4.78 is 14.1. The summed E-state index contributed by atoms with van der Waals surface area (Å²) in [5.41, 5.74) is 1.28. The second kappa shape index (κ2) is 9.08. The minimum Gasteiger partial charge on any atom is -0.326 e.